The molecule has 0 saturated heterocycles. The number of aliphatic carboxylic acids is 1. The van der Waals surface area contributed by atoms with Crippen molar-refractivity contribution in [2.45, 2.75) is 38.8 Å². The van der Waals surface area contributed by atoms with Crippen molar-refractivity contribution in [1.82, 2.24) is 15.1 Å². The average molecular weight is 313 g/mol. The van der Waals surface area contributed by atoms with Crippen LogP contribution in [0.2, 0.25) is 0 Å². The minimum Gasteiger partial charge on any atom is -0.480 e. The van der Waals surface area contributed by atoms with E-state index in [1.54, 1.807) is 6.07 Å². The fourth-order valence-electron chi connectivity index (χ4n) is 2.85. The first-order valence-corrected chi connectivity index (χ1v) is 7.63. The van der Waals surface area contributed by atoms with Crippen LogP contribution in [-0.2, 0) is 17.8 Å². The number of hydrogen-bond donors (Lipinski definition) is 2. The number of carboxylic acid groups (broad SMARTS) is 1. The largest absolute Gasteiger partial charge is 0.480 e. The third-order valence-corrected chi connectivity index (χ3v) is 4.23. The first-order chi connectivity index (χ1) is 11.0. The predicted molar refractivity (Wildman–Crippen MR) is 84.1 cm³/mol. The molecule has 1 unspecified atom stereocenters. The lowest BCUT2D eigenvalue weighted by atomic mass is 9.93. The second-order valence-electron chi connectivity index (χ2n) is 6.12. The quantitative estimate of drug-likeness (QED) is 0.909. The second-order valence-corrected chi connectivity index (χ2v) is 6.12. The van der Waals surface area contributed by atoms with Crippen molar-refractivity contribution in [3.63, 3.8) is 0 Å². The van der Waals surface area contributed by atoms with Gasteiger partial charge < -0.3 is 10.0 Å². The molecule has 0 spiro atoms. The number of carbonyl (C=O) groups excluding carboxylic acids is 1. The Kier molecular flexibility index (Phi) is 3.90. The van der Waals surface area contributed by atoms with Gasteiger partial charge in [0, 0.05) is 18.7 Å². The van der Waals surface area contributed by atoms with Crippen LogP contribution in [0.1, 0.15) is 47.1 Å². The molecule has 0 fully saturated rings. The molecule has 1 aromatic heterocycles. The first-order valence-electron chi connectivity index (χ1n) is 7.63. The van der Waals surface area contributed by atoms with Gasteiger partial charge >= 0.3 is 5.97 Å². The van der Waals surface area contributed by atoms with Crippen LogP contribution in [0, 0.1) is 0 Å². The van der Waals surface area contributed by atoms with Crippen molar-refractivity contribution in [2.24, 2.45) is 0 Å². The molecule has 2 N–H and O–H groups in total. The van der Waals surface area contributed by atoms with Crippen LogP contribution in [-0.4, -0.2) is 38.1 Å². The van der Waals surface area contributed by atoms with Crippen LogP contribution < -0.4 is 0 Å². The monoisotopic (exact) mass is 313 g/mol. The number of aromatic amines is 1. The summed E-state index contributed by atoms with van der Waals surface area (Å²) in [4.78, 5) is 25.7. The Bertz CT molecular complexity index is 751. The Balaban J connectivity index is 1.92. The topological polar surface area (TPSA) is 86.3 Å². The smallest absolute Gasteiger partial charge is 0.326 e. The van der Waals surface area contributed by atoms with Crippen LogP contribution in [0.25, 0.3) is 0 Å². The number of fused-ring (bicyclic) bond motifs is 1. The highest BCUT2D eigenvalue weighted by atomic mass is 16.4. The molecule has 1 aliphatic heterocycles. The minimum atomic E-state index is -0.993. The fraction of sp³-hybridized carbons (Fsp3) is 0.353. The lowest BCUT2D eigenvalue weighted by Gasteiger charge is -2.34. The minimum absolute atomic E-state index is 0.224. The average Bonchev–Trinajstić information content (AvgIpc) is 3.03. The van der Waals surface area contributed by atoms with Gasteiger partial charge in [0.25, 0.3) is 5.91 Å². The summed E-state index contributed by atoms with van der Waals surface area (Å²) in [6.45, 7) is 4.29. The third kappa shape index (κ3) is 2.84. The number of hydrogen-bond acceptors (Lipinski definition) is 3. The second kappa shape index (κ2) is 5.87. The number of carbonyl (C=O) groups is 2. The summed E-state index contributed by atoms with van der Waals surface area (Å²) in [5.41, 5.74) is 3.09. The molecule has 0 saturated carbocycles. The van der Waals surface area contributed by atoms with E-state index < -0.39 is 12.0 Å². The van der Waals surface area contributed by atoms with Crippen molar-refractivity contribution >= 4 is 11.9 Å². The van der Waals surface area contributed by atoms with Gasteiger partial charge in [0.2, 0.25) is 0 Å². The first kappa shape index (κ1) is 15.3. The molecule has 2 heterocycles. The number of rotatable bonds is 3. The molecule has 0 aliphatic carbocycles. The summed E-state index contributed by atoms with van der Waals surface area (Å²) in [5, 5.41) is 16.4. The van der Waals surface area contributed by atoms with Gasteiger partial charge in [-0.2, -0.15) is 5.10 Å². The van der Waals surface area contributed by atoms with Crippen LogP contribution in [0.15, 0.2) is 30.3 Å². The van der Waals surface area contributed by atoms with Crippen molar-refractivity contribution < 1.29 is 14.7 Å². The number of carboxylic acids is 1. The summed E-state index contributed by atoms with van der Waals surface area (Å²) in [6.07, 6.45) is 0.318. The van der Waals surface area contributed by atoms with E-state index >= 15 is 0 Å². The van der Waals surface area contributed by atoms with E-state index in [4.69, 9.17) is 0 Å². The van der Waals surface area contributed by atoms with E-state index in [0.717, 1.165) is 16.8 Å². The van der Waals surface area contributed by atoms with Crippen molar-refractivity contribution in [3.05, 3.63) is 52.8 Å². The van der Waals surface area contributed by atoms with Gasteiger partial charge in [0.05, 0.1) is 0 Å². The van der Waals surface area contributed by atoms with Crippen molar-refractivity contribution in [2.75, 3.05) is 0 Å². The number of H-pyrrole nitrogens is 1. The van der Waals surface area contributed by atoms with Gasteiger partial charge in [-0.25, -0.2) is 4.79 Å². The molecule has 0 radical (unpaired) electrons. The summed E-state index contributed by atoms with van der Waals surface area (Å²) < 4.78 is 0. The summed E-state index contributed by atoms with van der Waals surface area (Å²) in [6, 6.07) is 8.46. The Hall–Kier alpha value is -2.63. The van der Waals surface area contributed by atoms with Gasteiger partial charge in [-0.15, -0.1) is 0 Å². The highest BCUT2D eigenvalue weighted by molar-refractivity contribution is 5.95. The van der Waals surface area contributed by atoms with E-state index in [1.165, 1.54) is 4.90 Å². The lowest BCUT2D eigenvalue weighted by Crippen LogP contribution is -2.48. The zero-order valence-electron chi connectivity index (χ0n) is 13.1. The maximum absolute atomic E-state index is 12.7. The van der Waals surface area contributed by atoms with Gasteiger partial charge in [-0.3, -0.25) is 9.89 Å². The van der Waals surface area contributed by atoms with E-state index in [-0.39, 0.29) is 24.1 Å². The molecule has 1 aromatic carbocycles. The van der Waals surface area contributed by atoms with Gasteiger partial charge in [0.1, 0.15) is 11.7 Å². The molecule has 1 atom stereocenters. The molecular weight excluding hydrogens is 294 g/mol. The number of amides is 1. The number of nitrogens with one attached hydrogen (secondary N) is 1. The maximum Gasteiger partial charge on any atom is 0.326 e. The van der Waals surface area contributed by atoms with Crippen LogP contribution in [0.4, 0.5) is 0 Å². The summed E-state index contributed by atoms with van der Waals surface area (Å²) >= 11 is 0. The lowest BCUT2D eigenvalue weighted by molar-refractivity contribution is -0.142. The molecule has 0 bridgehead atoms. The molecular formula is C17H19N3O3. The van der Waals surface area contributed by atoms with Crippen LogP contribution >= 0.6 is 0 Å². The van der Waals surface area contributed by atoms with Crippen LogP contribution in [0.3, 0.4) is 0 Å². The highest BCUT2D eigenvalue weighted by Gasteiger charge is 2.35. The molecule has 1 amide bonds. The van der Waals surface area contributed by atoms with E-state index in [9.17, 15) is 14.7 Å². The Morgan fingerprint density at radius 1 is 1.30 bits per heavy atom. The summed E-state index contributed by atoms with van der Waals surface area (Å²) in [7, 11) is 0. The zero-order chi connectivity index (χ0) is 16.6. The molecule has 6 nitrogen and oxygen atoms in total. The SMILES string of the molecule is CC(C)c1cc(C(=O)N2Cc3ccccc3CC2C(=O)O)n[nH]1. The number of nitrogens with zero attached hydrogens (tertiary/aromatic N) is 2. The maximum atomic E-state index is 12.7. The van der Waals surface area contributed by atoms with Crippen LogP contribution in [0.5, 0.6) is 0 Å². The fourth-order valence-corrected chi connectivity index (χ4v) is 2.85. The van der Waals surface area contributed by atoms with Gasteiger partial charge in [0.15, 0.2) is 0 Å². The molecule has 2 aromatic rings. The third-order valence-electron chi connectivity index (χ3n) is 4.23. The van der Waals surface area contributed by atoms with Crippen molar-refractivity contribution in [1.29, 1.82) is 0 Å². The Morgan fingerprint density at radius 3 is 2.61 bits per heavy atom. The van der Waals surface area contributed by atoms with E-state index in [0.29, 0.717) is 6.42 Å². The molecule has 1 aliphatic rings. The highest BCUT2D eigenvalue weighted by Crippen LogP contribution is 2.25. The standard InChI is InChI=1S/C17H19N3O3/c1-10(2)13-8-14(19-18-13)16(21)20-9-12-6-4-3-5-11(12)7-15(20)17(22)23/h3-6,8,10,15H,7,9H2,1-2H3,(H,18,19)(H,22,23). The number of aromatic nitrogens is 2. The van der Waals surface area contributed by atoms with Gasteiger partial charge in [-0.1, -0.05) is 38.1 Å². The Morgan fingerprint density at radius 2 is 2.00 bits per heavy atom. The molecule has 6 heteroatoms. The van der Waals surface area contributed by atoms with E-state index in [2.05, 4.69) is 10.2 Å². The summed E-state index contributed by atoms with van der Waals surface area (Å²) in [5.74, 6) is -1.12. The van der Waals surface area contributed by atoms with Gasteiger partial charge in [-0.05, 0) is 23.1 Å². The normalized spacial score (nSPS) is 17.2. The molecule has 3 rings (SSSR count). The Labute approximate surface area is 134 Å². The predicted octanol–water partition coefficient (Wildman–Crippen LogP) is 2.18. The zero-order valence-corrected chi connectivity index (χ0v) is 13.1. The molecule has 23 heavy (non-hydrogen) atoms. The van der Waals surface area contributed by atoms with E-state index in [1.807, 2.05) is 38.1 Å². The number of benzene rings is 1. The molecule has 120 valence electrons. The van der Waals surface area contributed by atoms with Crippen molar-refractivity contribution in [3.8, 4) is 0 Å².